The molecular formula is C11H15ClF2N6. The van der Waals surface area contributed by atoms with Crippen molar-refractivity contribution in [1.82, 2.24) is 25.5 Å². The van der Waals surface area contributed by atoms with E-state index in [1.807, 2.05) is 0 Å². The maximum Gasteiger partial charge on any atom is 0.264 e. The average molecular weight is 305 g/mol. The summed E-state index contributed by atoms with van der Waals surface area (Å²) in [6, 6.07) is 0. The van der Waals surface area contributed by atoms with Crippen LogP contribution in [0.15, 0.2) is 12.4 Å². The van der Waals surface area contributed by atoms with Crippen molar-refractivity contribution >= 4 is 29.4 Å². The molecule has 0 unspecified atom stereocenters. The summed E-state index contributed by atoms with van der Waals surface area (Å²) in [6.07, 6.45) is 3.65. The fourth-order valence-electron chi connectivity index (χ4n) is 2.18. The minimum absolute atomic E-state index is 0. The fraction of sp³-hybridized carbons (Fsp3) is 0.545. The van der Waals surface area contributed by atoms with Gasteiger partial charge in [0, 0.05) is 18.7 Å². The smallest absolute Gasteiger partial charge is 0.264 e. The van der Waals surface area contributed by atoms with Crippen LogP contribution < -0.4 is 10.6 Å². The van der Waals surface area contributed by atoms with Gasteiger partial charge in [0.05, 0.1) is 18.1 Å². The highest BCUT2D eigenvalue weighted by atomic mass is 35.5. The maximum absolute atomic E-state index is 13.6. The molecule has 2 aromatic rings. The Hall–Kier alpha value is -1.54. The Morgan fingerprint density at radius 3 is 3.05 bits per heavy atom. The van der Waals surface area contributed by atoms with Crippen molar-refractivity contribution in [3.63, 3.8) is 0 Å². The van der Waals surface area contributed by atoms with Gasteiger partial charge in [0.1, 0.15) is 0 Å². The van der Waals surface area contributed by atoms with Crippen LogP contribution in [0.4, 0.5) is 14.7 Å². The van der Waals surface area contributed by atoms with Crippen molar-refractivity contribution in [2.75, 3.05) is 25.0 Å². The Morgan fingerprint density at radius 2 is 2.25 bits per heavy atom. The van der Waals surface area contributed by atoms with E-state index in [0.717, 1.165) is 5.39 Å². The van der Waals surface area contributed by atoms with Gasteiger partial charge >= 0.3 is 0 Å². The van der Waals surface area contributed by atoms with Gasteiger partial charge in [-0.15, -0.1) is 12.4 Å². The molecule has 1 atom stereocenters. The predicted octanol–water partition coefficient (Wildman–Crippen LogP) is 1.43. The molecule has 3 heterocycles. The molecule has 0 amide bonds. The molecule has 2 aromatic heterocycles. The van der Waals surface area contributed by atoms with Gasteiger partial charge in [0.15, 0.2) is 5.65 Å². The highest BCUT2D eigenvalue weighted by Crippen LogP contribution is 2.29. The van der Waals surface area contributed by atoms with E-state index in [1.165, 1.54) is 0 Å². The number of aromatic amines is 1. The summed E-state index contributed by atoms with van der Waals surface area (Å²) in [5.74, 6) is -3.05. The van der Waals surface area contributed by atoms with Crippen molar-refractivity contribution in [3.8, 4) is 0 Å². The van der Waals surface area contributed by atoms with Crippen LogP contribution in [0.25, 0.3) is 11.0 Å². The second-order valence-corrected chi connectivity index (χ2v) is 4.67. The van der Waals surface area contributed by atoms with Crippen LogP contribution in [0.1, 0.15) is 6.42 Å². The third-order valence-electron chi connectivity index (χ3n) is 3.33. The number of alkyl halides is 2. The molecule has 1 fully saturated rings. The second-order valence-electron chi connectivity index (χ2n) is 4.67. The van der Waals surface area contributed by atoms with E-state index < -0.39 is 11.8 Å². The van der Waals surface area contributed by atoms with Gasteiger partial charge in [-0.05, 0) is 13.0 Å². The minimum Gasteiger partial charge on any atom is -0.354 e. The molecule has 3 N–H and O–H groups in total. The van der Waals surface area contributed by atoms with Crippen LogP contribution in [-0.2, 0) is 0 Å². The molecular weight excluding hydrogens is 290 g/mol. The molecule has 0 aliphatic carbocycles. The van der Waals surface area contributed by atoms with E-state index in [4.69, 9.17) is 0 Å². The van der Waals surface area contributed by atoms with Crippen molar-refractivity contribution in [2.24, 2.45) is 5.92 Å². The monoisotopic (exact) mass is 304 g/mol. The first-order valence-corrected chi connectivity index (χ1v) is 6.14. The van der Waals surface area contributed by atoms with Crippen molar-refractivity contribution in [1.29, 1.82) is 0 Å². The lowest BCUT2D eigenvalue weighted by Crippen LogP contribution is -2.48. The second kappa shape index (κ2) is 5.84. The van der Waals surface area contributed by atoms with Crippen molar-refractivity contribution in [2.45, 2.75) is 12.3 Å². The number of halogens is 3. The van der Waals surface area contributed by atoms with E-state index in [-0.39, 0.29) is 25.5 Å². The summed E-state index contributed by atoms with van der Waals surface area (Å²) in [6.45, 7) is 0.510. The number of rotatable bonds is 3. The molecule has 0 saturated carbocycles. The molecule has 0 aromatic carbocycles. The Kier molecular flexibility index (Phi) is 4.34. The van der Waals surface area contributed by atoms with Crippen molar-refractivity contribution in [3.05, 3.63) is 12.4 Å². The number of nitrogens with one attached hydrogen (secondary N) is 3. The summed E-state index contributed by atoms with van der Waals surface area (Å²) in [7, 11) is 0. The van der Waals surface area contributed by atoms with Gasteiger partial charge in [-0.1, -0.05) is 0 Å². The SMILES string of the molecule is Cl.FC1(F)CNCC[C@@H]1CNc1ncc2cn[nH]c2n1. The molecule has 1 aliphatic rings. The topological polar surface area (TPSA) is 78.5 Å². The lowest BCUT2D eigenvalue weighted by atomic mass is 9.94. The molecule has 20 heavy (non-hydrogen) atoms. The Balaban J connectivity index is 0.00000147. The van der Waals surface area contributed by atoms with Gasteiger partial charge in [-0.3, -0.25) is 5.10 Å². The lowest BCUT2D eigenvalue weighted by molar-refractivity contribution is -0.0678. The maximum atomic E-state index is 13.6. The Morgan fingerprint density at radius 1 is 1.40 bits per heavy atom. The molecule has 1 saturated heterocycles. The third kappa shape index (κ3) is 2.96. The molecule has 1 aliphatic heterocycles. The number of fused-ring (bicyclic) bond motifs is 1. The third-order valence-corrected chi connectivity index (χ3v) is 3.33. The summed E-state index contributed by atoms with van der Waals surface area (Å²) in [5, 5.41) is 12.9. The van der Waals surface area contributed by atoms with Crippen LogP contribution in [0, 0.1) is 5.92 Å². The van der Waals surface area contributed by atoms with Crippen LogP contribution in [0.2, 0.25) is 0 Å². The van der Waals surface area contributed by atoms with Crippen molar-refractivity contribution < 1.29 is 8.78 Å². The number of hydrogen-bond acceptors (Lipinski definition) is 5. The van der Waals surface area contributed by atoms with Gasteiger partial charge in [-0.25, -0.2) is 13.8 Å². The highest BCUT2D eigenvalue weighted by Gasteiger charge is 2.41. The van der Waals surface area contributed by atoms with Gasteiger partial charge in [-0.2, -0.15) is 10.1 Å². The molecule has 0 bridgehead atoms. The standard InChI is InChI=1S/C11H14F2N6.ClH/c12-11(13)6-14-2-1-8(11)5-16-10-15-3-7-4-17-19-9(7)18-10;/h3-4,8,14H,1-2,5-6H2,(H2,15,16,17,18,19);1H/t8-;/m1./s1. The van der Waals surface area contributed by atoms with Gasteiger partial charge in [0.2, 0.25) is 5.95 Å². The number of H-pyrrole nitrogens is 1. The first kappa shape index (κ1) is 14.9. The quantitative estimate of drug-likeness (QED) is 0.799. The van der Waals surface area contributed by atoms with Gasteiger partial charge in [0.25, 0.3) is 5.92 Å². The van der Waals surface area contributed by atoms with Crippen LogP contribution in [0.3, 0.4) is 0 Å². The number of anilines is 1. The minimum atomic E-state index is -2.69. The predicted molar refractivity (Wildman–Crippen MR) is 73.3 cm³/mol. The largest absolute Gasteiger partial charge is 0.354 e. The first-order chi connectivity index (χ1) is 9.15. The van der Waals surface area contributed by atoms with Crippen LogP contribution in [0.5, 0.6) is 0 Å². The van der Waals surface area contributed by atoms with E-state index in [2.05, 4.69) is 30.8 Å². The van der Waals surface area contributed by atoms with E-state index in [1.54, 1.807) is 12.4 Å². The zero-order chi connectivity index (χ0) is 13.3. The van der Waals surface area contributed by atoms with Crippen LogP contribution >= 0.6 is 12.4 Å². The Bertz CT molecular complexity index is 575. The lowest BCUT2D eigenvalue weighted by Gasteiger charge is -2.31. The van der Waals surface area contributed by atoms with Gasteiger partial charge < -0.3 is 10.6 Å². The fourth-order valence-corrected chi connectivity index (χ4v) is 2.18. The zero-order valence-electron chi connectivity index (χ0n) is 10.6. The Labute approximate surface area is 120 Å². The summed E-state index contributed by atoms with van der Waals surface area (Å²) in [4.78, 5) is 8.24. The highest BCUT2D eigenvalue weighted by molar-refractivity contribution is 5.85. The summed E-state index contributed by atoms with van der Waals surface area (Å²) in [5.41, 5.74) is 0.592. The molecule has 0 radical (unpaired) electrons. The molecule has 6 nitrogen and oxygen atoms in total. The van der Waals surface area contributed by atoms with E-state index >= 15 is 0 Å². The number of piperidine rings is 1. The van der Waals surface area contributed by atoms with E-state index in [0.29, 0.717) is 24.6 Å². The molecule has 9 heteroatoms. The number of hydrogen-bond donors (Lipinski definition) is 3. The van der Waals surface area contributed by atoms with Crippen LogP contribution in [-0.4, -0.2) is 45.7 Å². The first-order valence-electron chi connectivity index (χ1n) is 6.14. The molecule has 0 spiro atoms. The summed E-state index contributed by atoms with van der Waals surface area (Å²) >= 11 is 0. The number of nitrogens with zero attached hydrogens (tertiary/aromatic N) is 3. The number of aromatic nitrogens is 4. The van der Waals surface area contributed by atoms with E-state index in [9.17, 15) is 8.78 Å². The molecule has 3 rings (SSSR count). The normalized spacial score (nSPS) is 21.4. The summed E-state index contributed by atoms with van der Waals surface area (Å²) < 4.78 is 27.2. The average Bonchev–Trinajstić information content (AvgIpc) is 2.84. The molecule has 110 valence electrons. The zero-order valence-corrected chi connectivity index (χ0v) is 11.4.